The second-order valence-electron chi connectivity index (χ2n) is 6.06. The van der Waals surface area contributed by atoms with Crippen LogP contribution in [-0.4, -0.2) is 15.7 Å². The average molecular weight is 355 g/mol. The molecule has 0 fully saturated rings. The molecule has 3 aromatic rings. The van der Waals surface area contributed by atoms with E-state index in [9.17, 15) is 13.6 Å². The zero-order valence-corrected chi connectivity index (χ0v) is 14.6. The van der Waals surface area contributed by atoms with E-state index in [2.05, 4.69) is 35.5 Å². The van der Waals surface area contributed by atoms with Gasteiger partial charge in [0.25, 0.3) is 5.91 Å². The Hall–Kier alpha value is -3.02. The topological polar surface area (TPSA) is 46.9 Å². The third-order valence-corrected chi connectivity index (χ3v) is 4.22. The first kappa shape index (κ1) is 17.8. The molecule has 0 atom stereocenters. The second-order valence-corrected chi connectivity index (χ2v) is 6.06. The molecule has 1 aromatic heterocycles. The lowest BCUT2D eigenvalue weighted by Crippen LogP contribution is -2.16. The summed E-state index contributed by atoms with van der Waals surface area (Å²) in [7, 11) is 0. The highest BCUT2D eigenvalue weighted by Gasteiger charge is 2.17. The van der Waals surface area contributed by atoms with Gasteiger partial charge in [-0.05, 0) is 42.2 Å². The summed E-state index contributed by atoms with van der Waals surface area (Å²) in [5, 5.41) is 6.68. The maximum Gasteiger partial charge on any atom is 0.262 e. The summed E-state index contributed by atoms with van der Waals surface area (Å²) in [5.74, 6) is -2.45. The van der Waals surface area contributed by atoms with Crippen LogP contribution in [0.5, 0.6) is 0 Å². The van der Waals surface area contributed by atoms with Crippen LogP contribution in [0.2, 0.25) is 0 Å². The third-order valence-electron chi connectivity index (χ3n) is 4.22. The Morgan fingerprint density at radius 3 is 2.54 bits per heavy atom. The summed E-state index contributed by atoms with van der Waals surface area (Å²) < 4.78 is 29.0. The van der Waals surface area contributed by atoms with Crippen molar-refractivity contribution >= 4 is 11.7 Å². The van der Waals surface area contributed by atoms with Crippen LogP contribution in [0.3, 0.4) is 0 Å². The number of hydrogen-bond acceptors (Lipinski definition) is 2. The highest BCUT2D eigenvalue weighted by atomic mass is 19.1. The number of benzene rings is 2. The minimum atomic E-state index is -0.909. The molecule has 0 bridgehead atoms. The molecule has 0 aliphatic carbocycles. The fraction of sp³-hybridized carbons (Fsp3) is 0.200. The summed E-state index contributed by atoms with van der Waals surface area (Å²) in [6.45, 7) is 4.69. The van der Waals surface area contributed by atoms with Crippen LogP contribution in [0, 0.1) is 18.6 Å². The summed E-state index contributed by atoms with van der Waals surface area (Å²) >= 11 is 0. The quantitative estimate of drug-likeness (QED) is 0.740. The lowest BCUT2D eigenvalue weighted by Gasteiger charge is -2.08. The Morgan fingerprint density at radius 1 is 1.15 bits per heavy atom. The van der Waals surface area contributed by atoms with Crippen molar-refractivity contribution in [2.24, 2.45) is 0 Å². The standard InChI is InChI=1S/C20H19F2N3O/c1-3-14-7-8-15(13(2)11-14)12-25-10-9-18(24-25)23-20(26)19-16(21)5-4-6-17(19)22/h4-11H,3,12H2,1-2H3,(H,23,24,26). The lowest BCUT2D eigenvalue weighted by molar-refractivity contribution is 0.101. The average Bonchev–Trinajstić information content (AvgIpc) is 3.03. The number of nitrogens with one attached hydrogen (secondary N) is 1. The Balaban J connectivity index is 1.73. The number of amides is 1. The van der Waals surface area contributed by atoms with Gasteiger partial charge in [0.1, 0.15) is 17.2 Å². The number of hydrogen-bond donors (Lipinski definition) is 1. The van der Waals surface area contributed by atoms with Gasteiger partial charge < -0.3 is 5.32 Å². The molecule has 3 rings (SSSR count). The van der Waals surface area contributed by atoms with Crippen molar-refractivity contribution in [1.29, 1.82) is 0 Å². The highest BCUT2D eigenvalue weighted by Crippen LogP contribution is 2.16. The number of carbonyl (C=O) groups excluding carboxylic acids is 1. The molecule has 1 N–H and O–H groups in total. The molecular formula is C20H19F2N3O. The minimum absolute atomic E-state index is 0.237. The van der Waals surface area contributed by atoms with Crippen LogP contribution < -0.4 is 5.32 Å². The number of aryl methyl sites for hydroxylation is 2. The number of carbonyl (C=O) groups is 1. The number of halogens is 2. The van der Waals surface area contributed by atoms with Crippen molar-refractivity contribution in [3.63, 3.8) is 0 Å². The van der Waals surface area contributed by atoms with Crippen LogP contribution in [0.4, 0.5) is 14.6 Å². The molecule has 134 valence electrons. The van der Waals surface area contributed by atoms with Crippen molar-refractivity contribution in [1.82, 2.24) is 9.78 Å². The van der Waals surface area contributed by atoms with Crippen molar-refractivity contribution in [3.8, 4) is 0 Å². The molecular weight excluding hydrogens is 336 g/mol. The van der Waals surface area contributed by atoms with Gasteiger partial charge in [0, 0.05) is 12.3 Å². The van der Waals surface area contributed by atoms with Crippen LogP contribution in [0.15, 0.2) is 48.7 Å². The summed E-state index contributed by atoms with van der Waals surface area (Å²) in [4.78, 5) is 12.1. The lowest BCUT2D eigenvalue weighted by atomic mass is 10.0. The first-order valence-corrected chi connectivity index (χ1v) is 8.35. The van der Waals surface area contributed by atoms with Gasteiger partial charge in [-0.2, -0.15) is 5.10 Å². The summed E-state index contributed by atoms with van der Waals surface area (Å²) in [6.07, 6.45) is 2.69. The fourth-order valence-electron chi connectivity index (χ4n) is 2.74. The molecule has 0 radical (unpaired) electrons. The molecule has 0 aliphatic rings. The van der Waals surface area contributed by atoms with Crippen LogP contribution in [-0.2, 0) is 13.0 Å². The number of nitrogens with zero attached hydrogens (tertiary/aromatic N) is 2. The van der Waals surface area contributed by atoms with Gasteiger partial charge in [-0.3, -0.25) is 9.48 Å². The van der Waals surface area contributed by atoms with Crippen LogP contribution in [0.1, 0.15) is 34.0 Å². The Morgan fingerprint density at radius 2 is 1.88 bits per heavy atom. The Labute approximate surface area is 150 Å². The molecule has 6 heteroatoms. The number of aromatic nitrogens is 2. The van der Waals surface area contributed by atoms with Crippen molar-refractivity contribution in [2.45, 2.75) is 26.8 Å². The fourth-order valence-corrected chi connectivity index (χ4v) is 2.74. The van der Waals surface area contributed by atoms with Crippen molar-refractivity contribution in [2.75, 3.05) is 5.32 Å². The predicted molar refractivity (Wildman–Crippen MR) is 96.2 cm³/mol. The molecule has 26 heavy (non-hydrogen) atoms. The summed E-state index contributed by atoms with van der Waals surface area (Å²) in [5.41, 5.74) is 2.93. The minimum Gasteiger partial charge on any atom is -0.305 e. The van der Waals surface area contributed by atoms with E-state index in [1.807, 2.05) is 6.92 Å². The molecule has 4 nitrogen and oxygen atoms in total. The smallest absolute Gasteiger partial charge is 0.262 e. The zero-order valence-electron chi connectivity index (χ0n) is 14.6. The van der Waals surface area contributed by atoms with E-state index >= 15 is 0 Å². The maximum absolute atomic E-state index is 13.7. The van der Waals surface area contributed by atoms with Crippen LogP contribution >= 0.6 is 0 Å². The first-order valence-electron chi connectivity index (χ1n) is 8.35. The summed E-state index contributed by atoms with van der Waals surface area (Å²) in [6, 6.07) is 11.2. The zero-order chi connectivity index (χ0) is 18.7. The number of rotatable bonds is 5. The Bertz CT molecular complexity index is 930. The van der Waals surface area contributed by atoms with Gasteiger partial charge in [0.15, 0.2) is 5.82 Å². The van der Waals surface area contributed by atoms with Crippen LogP contribution in [0.25, 0.3) is 0 Å². The molecule has 1 heterocycles. The predicted octanol–water partition coefficient (Wildman–Crippen LogP) is 4.33. The van der Waals surface area contributed by atoms with Crippen molar-refractivity contribution in [3.05, 3.63) is 82.5 Å². The van der Waals surface area contributed by atoms with E-state index in [4.69, 9.17) is 0 Å². The van der Waals surface area contributed by atoms with Gasteiger partial charge in [-0.15, -0.1) is 0 Å². The number of anilines is 1. The highest BCUT2D eigenvalue weighted by molar-refractivity contribution is 6.04. The monoisotopic (exact) mass is 355 g/mol. The van der Waals surface area contributed by atoms with Gasteiger partial charge in [-0.25, -0.2) is 8.78 Å². The molecule has 0 unspecified atom stereocenters. The molecule has 1 amide bonds. The van der Waals surface area contributed by atoms with Gasteiger partial charge >= 0.3 is 0 Å². The molecule has 0 saturated carbocycles. The van der Waals surface area contributed by atoms with Crippen molar-refractivity contribution < 1.29 is 13.6 Å². The van der Waals surface area contributed by atoms with E-state index < -0.39 is 23.1 Å². The van der Waals surface area contributed by atoms with Gasteiger partial charge in [-0.1, -0.05) is 31.2 Å². The van der Waals surface area contributed by atoms with E-state index in [1.54, 1.807) is 16.9 Å². The molecule has 0 saturated heterocycles. The van der Waals surface area contributed by atoms with E-state index in [1.165, 1.54) is 17.2 Å². The normalized spacial score (nSPS) is 10.8. The second kappa shape index (κ2) is 7.47. The Kier molecular flexibility index (Phi) is 5.11. The SMILES string of the molecule is CCc1ccc(Cn2ccc(NC(=O)c3c(F)cccc3F)n2)c(C)c1. The maximum atomic E-state index is 13.7. The largest absolute Gasteiger partial charge is 0.305 e. The first-order chi connectivity index (χ1) is 12.5. The van der Waals surface area contributed by atoms with Gasteiger partial charge in [0.2, 0.25) is 0 Å². The van der Waals surface area contributed by atoms with E-state index in [0.29, 0.717) is 6.54 Å². The molecule has 0 aliphatic heterocycles. The molecule has 0 spiro atoms. The van der Waals surface area contributed by atoms with E-state index in [0.717, 1.165) is 24.1 Å². The van der Waals surface area contributed by atoms with Gasteiger partial charge in [0.05, 0.1) is 6.54 Å². The van der Waals surface area contributed by atoms with E-state index in [-0.39, 0.29) is 5.82 Å². The molecule has 2 aromatic carbocycles. The third kappa shape index (κ3) is 3.79.